The summed E-state index contributed by atoms with van der Waals surface area (Å²) in [4.78, 5) is 4.69. The lowest BCUT2D eigenvalue weighted by Crippen LogP contribution is -2.16. The summed E-state index contributed by atoms with van der Waals surface area (Å²) in [6, 6.07) is 81.0. The van der Waals surface area contributed by atoms with Gasteiger partial charge in [-0.25, -0.2) is 0 Å². The van der Waals surface area contributed by atoms with Crippen LogP contribution in [0.2, 0.25) is 0 Å². The summed E-state index contributed by atoms with van der Waals surface area (Å²) in [6.45, 7) is 6.89. The van der Waals surface area contributed by atoms with Gasteiger partial charge in [-0.3, -0.25) is 0 Å². The second kappa shape index (κ2) is 16.4. The molecule has 0 spiro atoms. The van der Waals surface area contributed by atoms with Crippen molar-refractivity contribution in [3.8, 4) is 33.4 Å². The van der Waals surface area contributed by atoms with Gasteiger partial charge >= 0.3 is 0 Å². The fourth-order valence-corrected chi connectivity index (χ4v) is 9.05. The predicted molar refractivity (Wildman–Crippen MR) is 264 cm³/mol. The van der Waals surface area contributed by atoms with Gasteiger partial charge in [-0.05, 0) is 135 Å². The van der Waals surface area contributed by atoms with E-state index in [4.69, 9.17) is 0 Å². The highest BCUT2D eigenvalue weighted by Crippen LogP contribution is 2.51. The van der Waals surface area contributed by atoms with Crippen LogP contribution in [0.1, 0.15) is 41.7 Å². The summed E-state index contributed by atoms with van der Waals surface area (Å²) in [7, 11) is 0. The Bertz CT molecular complexity index is 2960. The van der Waals surface area contributed by atoms with Crippen molar-refractivity contribution >= 4 is 46.3 Å². The number of fused-ring (bicyclic) bond motifs is 3. The van der Waals surface area contributed by atoms with Crippen LogP contribution < -0.4 is 9.80 Å². The minimum absolute atomic E-state index is 0.0705. The maximum atomic E-state index is 2.40. The van der Waals surface area contributed by atoms with Gasteiger partial charge in [-0.2, -0.15) is 0 Å². The van der Waals surface area contributed by atoms with Gasteiger partial charge in [0.1, 0.15) is 0 Å². The van der Waals surface area contributed by atoms with Crippen LogP contribution in [0.3, 0.4) is 0 Å². The maximum Gasteiger partial charge on any atom is 0.0490 e. The fraction of sp³-hybridized carbons (Fsp3) is 0.0667. The van der Waals surface area contributed by atoms with Crippen LogP contribution in [-0.4, -0.2) is 0 Å². The van der Waals surface area contributed by atoms with Crippen molar-refractivity contribution in [2.45, 2.75) is 26.2 Å². The first-order valence-electron chi connectivity index (χ1n) is 21.5. The molecule has 0 amide bonds. The van der Waals surface area contributed by atoms with E-state index in [-0.39, 0.29) is 5.41 Å². The molecule has 0 fully saturated rings. The molecule has 0 saturated carbocycles. The van der Waals surface area contributed by atoms with Gasteiger partial charge in [0.05, 0.1) is 0 Å². The molecule has 0 atom stereocenters. The monoisotopic (exact) mass is 796 g/mol. The zero-order valence-electron chi connectivity index (χ0n) is 35.4. The maximum absolute atomic E-state index is 2.40. The Kier molecular flexibility index (Phi) is 10.2. The van der Waals surface area contributed by atoms with Crippen LogP contribution >= 0.6 is 0 Å². The van der Waals surface area contributed by atoms with Crippen LogP contribution in [-0.2, 0) is 5.41 Å². The van der Waals surface area contributed by atoms with Crippen LogP contribution in [0.15, 0.2) is 224 Å². The minimum atomic E-state index is -0.0705. The quantitative estimate of drug-likeness (QED) is 0.127. The van der Waals surface area contributed by atoms with Gasteiger partial charge in [0.2, 0.25) is 0 Å². The van der Waals surface area contributed by atoms with Crippen LogP contribution in [0.25, 0.3) is 45.5 Å². The molecule has 1 aliphatic carbocycles. The Labute approximate surface area is 366 Å². The summed E-state index contributed by atoms with van der Waals surface area (Å²) in [5, 5.41) is 0. The fourth-order valence-electron chi connectivity index (χ4n) is 9.05. The molecule has 0 aliphatic heterocycles. The molecule has 2 heteroatoms. The van der Waals surface area contributed by atoms with E-state index in [1.807, 2.05) is 0 Å². The molecule has 1 aliphatic rings. The Morgan fingerprint density at radius 1 is 0.339 bits per heavy atom. The molecule has 9 aromatic rings. The molecule has 0 unspecified atom stereocenters. The number of hydrogen-bond acceptors (Lipinski definition) is 2. The van der Waals surface area contributed by atoms with Crippen molar-refractivity contribution in [3.05, 3.63) is 252 Å². The Morgan fingerprint density at radius 3 is 1.27 bits per heavy atom. The van der Waals surface area contributed by atoms with E-state index in [1.54, 1.807) is 0 Å². The molecule has 298 valence electrons. The molecule has 0 N–H and O–H groups in total. The van der Waals surface area contributed by atoms with E-state index >= 15 is 0 Å². The minimum Gasteiger partial charge on any atom is -0.311 e. The van der Waals surface area contributed by atoms with E-state index in [9.17, 15) is 0 Å². The number of rotatable bonds is 10. The number of aryl methyl sites for hydroxylation is 1. The highest BCUT2D eigenvalue weighted by Gasteiger charge is 2.35. The van der Waals surface area contributed by atoms with Crippen molar-refractivity contribution in [2.75, 3.05) is 9.80 Å². The third-order valence-electron chi connectivity index (χ3n) is 12.4. The topological polar surface area (TPSA) is 6.48 Å². The van der Waals surface area contributed by atoms with E-state index < -0.39 is 0 Å². The molecule has 0 aromatic heterocycles. The van der Waals surface area contributed by atoms with Crippen LogP contribution in [0.4, 0.5) is 34.1 Å². The summed E-state index contributed by atoms with van der Waals surface area (Å²) >= 11 is 0. The predicted octanol–water partition coefficient (Wildman–Crippen LogP) is 16.7. The van der Waals surface area contributed by atoms with E-state index in [1.165, 1.54) is 72.6 Å². The second-order valence-corrected chi connectivity index (χ2v) is 16.7. The Balaban J connectivity index is 0.842. The van der Waals surface area contributed by atoms with Crippen molar-refractivity contribution in [2.24, 2.45) is 0 Å². The van der Waals surface area contributed by atoms with Gasteiger partial charge in [0.15, 0.2) is 0 Å². The van der Waals surface area contributed by atoms with Crippen molar-refractivity contribution < 1.29 is 0 Å². The van der Waals surface area contributed by atoms with Gasteiger partial charge in [0.25, 0.3) is 0 Å². The lowest BCUT2D eigenvalue weighted by molar-refractivity contribution is 0.660. The summed E-state index contributed by atoms with van der Waals surface area (Å²) in [5.41, 5.74) is 20.6. The van der Waals surface area contributed by atoms with Gasteiger partial charge in [-0.15, -0.1) is 0 Å². The normalized spacial score (nSPS) is 12.5. The molecular formula is C60H48N2. The van der Waals surface area contributed by atoms with Gasteiger partial charge in [-0.1, -0.05) is 184 Å². The smallest absolute Gasteiger partial charge is 0.0490 e. The molecular weight excluding hydrogens is 749 g/mol. The largest absolute Gasteiger partial charge is 0.311 e. The molecule has 0 radical (unpaired) electrons. The number of hydrogen-bond donors (Lipinski definition) is 0. The summed E-state index contributed by atoms with van der Waals surface area (Å²) in [6.07, 6.45) is 4.38. The van der Waals surface area contributed by atoms with Crippen LogP contribution in [0, 0.1) is 6.92 Å². The first kappa shape index (κ1) is 38.5. The first-order chi connectivity index (χ1) is 30.4. The highest BCUT2D eigenvalue weighted by molar-refractivity contribution is 5.87. The first-order valence-corrected chi connectivity index (χ1v) is 21.5. The average molecular weight is 797 g/mol. The Morgan fingerprint density at radius 2 is 0.742 bits per heavy atom. The van der Waals surface area contributed by atoms with Gasteiger partial charge in [0, 0.05) is 39.5 Å². The molecule has 0 heterocycles. The molecule has 0 saturated heterocycles. The second-order valence-electron chi connectivity index (χ2n) is 16.7. The van der Waals surface area contributed by atoms with Crippen molar-refractivity contribution in [3.63, 3.8) is 0 Å². The Hall–Kier alpha value is -7.68. The third kappa shape index (κ3) is 7.42. The third-order valence-corrected chi connectivity index (χ3v) is 12.4. The van der Waals surface area contributed by atoms with E-state index in [0.29, 0.717) is 0 Å². The number of nitrogens with zero attached hydrogens (tertiary/aromatic N) is 2. The van der Waals surface area contributed by atoms with Crippen molar-refractivity contribution in [1.29, 1.82) is 0 Å². The molecule has 10 rings (SSSR count). The van der Waals surface area contributed by atoms with Crippen LogP contribution in [0.5, 0.6) is 0 Å². The average Bonchev–Trinajstić information content (AvgIpc) is 3.56. The molecule has 62 heavy (non-hydrogen) atoms. The lowest BCUT2D eigenvalue weighted by Gasteiger charge is -2.29. The zero-order valence-corrected chi connectivity index (χ0v) is 35.4. The highest BCUT2D eigenvalue weighted by atomic mass is 15.1. The summed E-state index contributed by atoms with van der Waals surface area (Å²) < 4.78 is 0. The molecule has 9 aromatic carbocycles. The van der Waals surface area contributed by atoms with E-state index in [2.05, 4.69) is 267 Å². The number of anilines is 6. The standard InChI is InChI=1S/C60H48N2/c1-43-14-10-13-21-59(43)62(54-40-41-56-55-19-11-12-20-57(55)60(2,3)58(56)42-54)53-38-34-49(35-39-53)47-30-26-45(27-31-47)23-22-44-24-28-46(29-25-44)48-32-36-52(37-33-48)61(50-15-6-4-7-16-50)51-17-8-5-9-18-51/h4-42H,1-3H3/b23-22+. The molecule has 0 bridgehead atoms. The SMILES string of the molecule is Cc1ccccc1N(c1ccc(-c2ccc(/C=C/c3ccc(-c4ccc(N(c5ccccc5)c5ccccc5)cc4)cc3)cc2)cc1)c1ccc2c(c1)C(C)(C)c1ccccc1-2. The van der Waals surface area contributed by atoms with E-state index in [0.717, 1.165) is 22.7 Å². The van der Waals surface area contributed by atoms with Crippen molar-refractivity contribution in [1.82, 2.24) is 0 Å². The summed E-state index contributed by atoms with van der Waals surface area (Å²) in [5.74, 6) is 0. The lowest BCUT2D eigenvalue weighted by atomic mass is 9.82. The number of benzene rings is 9. The zero-order chi connectivity index (χ0) is 42.0. The molecule has 2 nitrogen and oxygen atoms in total. The van der Waals surface area contributed by atoms with Gasteiger partial charge < -0.3 is 9.80 Å². The number of para-hydroxylation sites is 3.